The molecular weight excluding hydrogens is 242 g/mol. The second-order valence-electron chi connectivity index (χ2n) is 2.67. The topological polar surface area (TPSA) is 92.7 Å². The number of rotatable bonds is 3. The SMILES string of the molecule is COC(=O)c1cc(C)c(S(=O)(=O)NO)s1. The van der Waals surface area contributed by atoms with Crippen LogP contribution in [0.1, 0.15) is 15.2 Å². The summed E-state index contributed by atoms with van der Waals surface area (Å²) in [6.07, 6.45) is 0. The molecule has 0 fully saturated rings. The van der Waals surface area contributed by atoms with E-state index >= 15 is 0 Å². The predicted molar refractivity (Wildman–Crippen MR) is 52.5 cm³/mol. The zero-order valence-corrected chi connectivity index (χ0v) is 9.61. The van der Waals surface area contributed by atoms with Gasteiger partial charge in [-0.3, -0.25) is 0 Å². The van der Waals surface area contributed by atoms with Crippen molar-refractivity contribution in [3.05, 3.63) is 16.5 Å². The van der Waals surface area contributed by atoms with Crippen molar-refractivity contribution in [1.29, 1.82) is 0 Å². The number of thiophene rings is 1. The van der Waals surface area contributed by atoms with Crippen LogP contribution in [-0.4, -0.2) is 26.7 Å². The van der Waals surface area contributed by atoms with Gasteiger partial charge in [0, 0.05) is 0 Å². The summed E-state index contributed by atoms with van der Waals surface area (Å²) in [7, 11) is -2.73. The van der Waals surface area contributed by atoms with Gasteiger partial charge in [0.05, 0.1) is 7.11 Å². The van der Waals surface area contributed by atoms with E-state index in [9.17, 15) is 13.2 Å². The Morgan fingerprint density at radius 2 is 2.20 bits per heavy atom. The van der Waals surface area contributed by atoms with Crippen LogP contribution in [0.25, 0.3) is 0 Å². The number of carbonyl (C=O) groups excluding carboxylic acids is 1. The van der Waals surface area contributed by atoms with E-state index in [0.717, 1.165) is 11.3 Å². The number of esters is 1. The average molecular weight is 251 g/mol. The molecule has 0 aliphatic carbocycles. The number of ether oxygens (including phenoxy) is 1. The van der Waals surface area contributed by atoms with Crippen LogP contribution in [0.3, 0.4) is 0 Å². The number of hydrogen-bond donors (Lipinski definition) is 2. The highest BCUT2D eigenvalue weighted by molar-refractivity contribution is 7.91. The number of hydrogen-bond acceptors (Lipinski definition) is 6. The first-order valence-corrected chi connectivity index (χ1v) is 6.07. The lowest BCUT2D eigenvalue weighted by Gasteiger charge is -1.97. The van der Waals surface area contributed by atoms with Crippen LogP contribution in [0.15, 0.2) is 10.3 Å². The smallest absolute Gasteiger partial charge is 0.348 e. The average Bonchev–Trinajstić information content (AvgIpc) is 2.60. The molecule has 0 saturated heterocycles. The standard InChI is InChI=1S/C7H9NO5S2/c1-4-3-5(6(9)13-2)14-7(4)15(11,12)8-10/h3,8,10H,1-2H3. The van der Waals surface area contributed by atoms with E-state index < -0.39 is 16.0 Å². The molecule has 0 atom stereocenters. The van der Waals surface area contributed by atoms with Crippen molar-refractivity contribution in [3.8, 4) is 0 Å². The lowest BCUT2D eigenvalue weighted by atomic mass is 10.3. The lowest BCUT2D eigenvalue weighted by Crippen LogP contribution is -2.18. The van der Waals surface area contributed by atoms with E-state index in [1.807, 2.05) is 0 Å². The van der Waals surface area contributed by atoms with Crippen LogP contribution in [0.5, 0.6) is 0 Å². The van der Waals surface area contributed by atoms with Crippen molar-refractivity contribution in [1.82, 2.24) is 4.89 Å². The molecule has 84 valence electrons. The molecule has 0 bridgehead atoms. The number of sulfonamides is 1. The maximum atomic E-state index is 11.2. The number of carbonyl (C=O) groups is 1. The third-order valence-electron chi connectivity index (χ3n) is 1.62. The molecule has 0 radical (unpaired) electrons. The Kier molecular flexibility index (Phi) is 3.45. The van der Waals surface area contributed by atoms with Gasteiger partial charge in [-0.25, -0.2) is 13.2 Å². The van der Waals surface area contributed by atoms with Crippen LogP contribution in [0, 0.1) is 6.92 Å². The summed E-state index contributed by atoms with van der Waals surface area (Å²) in [6, 6.07) is 1.39. The first-order valence-electron chi connectivity index (χ1n) is 3.77. The van der Waals surface area contributed by atoms with Gasteiger partial charge in [0.15, 0.2) is 0 Å². The Labute approximate surface area is 90.5 Å². The Morgan fingerprint density at radius 1 is 1.60 bits per heavy atom. The molecule has 0 saturated carbocycles. The van der Waals surface area contributed by atoms with Crippen molar-refractivity contribution in [2.45, 2.75) is 11.1 Å². The van der Waals surface area contributed by atoms with Crippen LogP contribution >= 0.6 is 11.3 Å². The summed E-state index contributed by atoms with van der Waals surface area (Å²) in [4.78, 5) is 12.5. The largest absolute Gasteiger partial charge is 0.465 e. The summed E-state index contributed by atoms with van der Waals surface area (Å²) in [5.74, 6) is -0.609. The van der Waals surface area contributed by atoms with E-state index in [2.05, 4.69) is 4.74 Å². The highest BCUT2D eigenvalue weighted by Crippen LogP contribution is 2.26. The van der Waals surface area contributed by atoms with Gasteiger partial charge in [-0.2, -0.15) is 0 Å². The number of aryl methyl sites for hydroxylation is 1. The quantitative estimate of drug-likeness (QED) is 0.603. The molecule has 8 heteroatoms. The van der Waals surface area contributed by atoms with E-state index in [-0.39, 0.29) is 9.09 Å². The van der Waals surface area contributed by atoms with Crippen molar-refractivity contribution >= 4 is 27.3 Å². The van der Waals surface area contributed by atoms with Crippen LogP contribution in [-0.2, 0) is 14.8 Å². The highest BCUT2D eigenvalue weighted by Gasteiger charge is 2.22. The molecule has 1 rings (SSSR count). The Balaban J connectivity index is 3.24. The van der Waals surface area contributed by atoms with E-state index in [1.54, 1.807) is 0 Å². The van der Waals surface area contributed by atoms with Crippen molar-refractivity contribution in [2.24, 2.45) is 0 Å². The number of methoxy groups -OCH3 is 1. The Morgan fingerprint density at radius 3 is 2.67 bits per heavy atom. The van der Waals surface area contributed by atoms with Gasteiger partial charge in [-0.05, 0) is 18.6 Å². The minimum absolute atomic E-state index is 0.106. The van der Waals surface area contributed by atoms with Gasteiger partial charge >= 0.3 is 5.97 Å². The van der Waals surface area contributed by atoms with Gasteiger partial charge in [-0.1, -0.05) is 4.89 Å². The lowest BCUT2D eigenvalue weighted by molar-refractivity contribution is 0.0606. The number of nitrogens with one attached hydrogen (secondary N) is 1. The molecule has 1 heterocycles. The molecule has 15 heavy (non-hydrogen) atoms. The first-order chi connectivity index (χ1) is 6.92. The maximum Gasteiger partial charge on any atom is 0.348 e. The van der Waals surface area contributed by atoms with E-state index in [4.69, 9.17) is 5.21 Å². The maximum absolute atomic E-state index is 11.2. The molecule has 0 aliphatic heterocycles. The highest BCUT2D eigenvalue weighted by atomic mass is 32.2. The first kappa shape index (κ1) is 12.1. The molecule has 1 aromatic rings. The van der Waals surface area contributed by atoms with Crippen molar-refractivity contribution in [2.75, 3.05) is 7.11 Å². The molecular formula is C7H9NO5S2. The Bertz CT molecular complexity index is 476. The van der Waals surface area contributed by atoms with Crippen LogP contribution in [0.4, 0.5) is 0 Å². The summed E-state index contributed by atoms with van der Waals surface area (Å²) >= 11 is 0.739. The fourth-order valence-electron chi connectivity index (χ4n) is 0.975. The summed E-state index contributed by atoms with van der Waals surface area (Å²) in [5.41, 5.74) is 0.377. The van der Waals surface area contributed by atoms with Gasteiger partial charge in [0.2, 0.25) is 0 Å². The Hall–Kier alpha value is -0.960. The zero-order valence-electron chi connectivity index (χ0n) is 7.97. The van der Waals surface area contributed by atoms with Crippen molar-refractivity contribution < 1.29 is 23.2 Å². The minimum Gasteiger partial charge on any atom is -0.465 e. The fourth-order valence-corrected chi connectivity index (χ4v) is 3.18. The second kappa shape index (κ2) is 4.27. The molecule has 2 N–H and O–H groups in total. The van der Waals surface area contributed by atoms with Gasteiger partial charge < -0.3 is 9.94 Å². The third-order valence-corrected chi connectivity index (χ3v) is 4.59. The van der Waals surface area contributed by atoms with Gasteiger partial charge in [-0.15, -0.1) is 11.3 Å². The summed E-state index contributed by atoms with van der Waals surface area (Å²) in [6.45, 7) is 1.52. The molecule has 6 nitrogen and oxygen atoms in total. The molecule has 0 aliphatic rings. The molecule has 0 unspecified atom stereocenters. The minimum atomic E-state index is -3.93. The zero-order chi connectivity index (χ0) is 11.6. The molecule has 0 aromatic carbocycles. The monoisotopic (exact) mass is 251 g/mol. The molecule has 1 aromatic heterocycles. The summed E-state index contributed by atoms with van der Waals surface area (Å²) < 4.78 is 26.8. The van der Waals surface area contributed by atoms with Crippen LogP contribution in [0.2, 0.25) is 0 Å². The predicted octanol–water partition coefficient (Wildman–Crippen LogP) is 0.511. The van der Waals surface area contributed by atoms with Gasteiger partial charge in [0.1, 0.15) is 9.09 Å². The van der Waals surface area contributed by atoms with Gasteiger partial charge in [0.25, 0.3) is 10.0 Å². The van der Waals surface area contributed by atoms with Crippen LogP contribution < -0.4 is 4.89 Å². The molecule has 0 spiro atoms. The normalized spacial score (nSPS) is 11.4. The van der Waals surface area contributed by atoms with E-state index in [1.165, 1.54) is 25.0 Å². The second-order valence-corrected chi connectivity index (χ2v) is 5.58. The third kappa shape index (κ3) is 2.34. The molecule has 0 amide bonds. The fraction of sp³-hybridized carbons (Fsp3) is 0.286. The summed E-state index contributed by atoms with van der Waals surface area (Å²) in [5, 5.41) is 8.43. The van der Waals surface area contributed by atoms with E-state index in [0.29, 0.717) is 5.56 Å². The van der Waals surface area contributed by atoms with Crippen molar-refractivity contribution in [3.63, 3.8) is 0 Å².